The zero-order chi connectivity index (χ0) is 12.0. The molecule has 0 radical (unpaired) electrons. The molecule has 1 saturated heterocycles. The number of thiocarbonyl (C=S) groups is 1. The summed E-state index contributed by atoms with van der Waals surface area (Å²) < 4.78 is 0. The van der Waals surface area contributed by atoms with E-state index in [1.807, 2.05) is 11.9 Å². The predicted molar refractivity (Wildman–Crippen MR) is 69.3 cm³/mol. The predicted octanol–water partition coefficient (Wildman–Crippen LogP) is 0.607. The maximum atomic E-state index is 11.6. The van der Waals surface area contributed by atoms with E-state index in [1.54, 1.807) is 0 Å². The second-order valence-electron chi connectivity index (χ2n) is 4.37. The van der Waals surface area contributed by atoms with Gasteiger partial charge in [0.2, 0.25) is 5.91 Å². The summed E-state index contributed by atoms with van der Waals surface area (Å²) >= 11 is 4.82. The standard InChI is InChI=1S/C11H21N3OS/c1-13-6-4-8-14(9-11(13)15)7-3-2-5-10(12)16/h2-9H2,1H3,(H2,12,16). The van der Waals surface area contributed by atoms with Crippen LogP contribution in [-0.2, 0) is 4.79 Å². The van der Waals surface area contributed by atoms with Crippen molar-refractivity contribution in [1.29, 1.82) is 0 Å². The monoisotopic (exact) mass is 243 g/mol. The van der Waals surface area contributed by atoms with Gasteiger partial charge in [0.25, 0.3) is 0 Å². The van der Waals surface area contributed by atoms with Gasteiger partial charge in [-0.1, -0.05) is 12.2 Å². The highest BCUT2D eigenvalue weighted by molar-refractivity contribution is 7.80. The molecule has 4 nitrogen and oxygen atoms in total. The second kappa shape index (κ2) is 6.81. The summed E-state index contributed by atoms with van der Waals surface area (Å²) in [6.45, 7) is 3.43. The minimum Gasteiger partial charge on any atom is -0.393 e. The van der Waals surface area contributed by atoms with E-state index in [2.05, 4.69) is 4.90 Å². The van der Waals surface area contributed by atoms with E-state index in [1.165, 1.54) is 0 Å². The van der Waals surface area contributed by atoms with Gasteiger partial charge in [-0.15, -0.1) is 0 Å². The summed E-state index contributed by atoms with van der Waals surface area (Å²) in [5, 5.41) is 0. The Morgan fingerprint density at radius 2 is 2.19 bits per heavy atom. The van der Waals surface area contributed by atoms with E-state index >= 15 is 0 Å². The Hall–Kier alpha value is -0.680. The molecule has 16 heavy (non-hydrogen) atoms. The average Bonchev–Trinajstić information content (AvgIpc) is 2.37. The number of carbonyl (C=O) groups excluding carboxylic acids is 1. The van der Waals surface area contributed by atoms with Gasteiger partial charge in [-0.25, -0.2) is 0 Å². The number of amides is 1. The molecule has 0 aromatic carbocycles. The van der Waals surface area contributed by atoms with Gasteiger partial charge in [0, 0.05) is 20.1 Å². The lowest BCUT2D eigenvalue weighted by Gasteiger charge is -2.18. The third-order valence-corrected chi connectivity index (χ3v) is 3.10. The fourth-order valence-corrected chi connectivity index (χ4v) is 2.02. The number of nitrogens with zero attached hydrogens (tertiary/aromatic N) is 2. The van der Waals surface area contributed by atoms with Crippen LogP contribution in [0.2, 0.25) is 0 Å². The van der Waals surface area contributed by atoms with Crippen molar-refractivity contribution in [3.05, 3.63) is 0 Å². The highest BCUT2D eigenvalue weighted by atomic mass is 32.1. The molecule has 2 N–H and O–H groups in total. The van der Waals surface area contributed by atoms with Crippen LogP contribution in [0.5, 0.6) is 0 Å². The number of carbonyl (C=O) groups is 1. The van der Waals surface area contributed by atoms with Crippen molar-refractivity contribution in [3.63, 3.8) is 0 Å². The lowest BCUT2D eigenvalue weighted by atomic mass is 10.2. The highest BCUT2D eigenvalue weighted by Crippen LogP contribution is 2.05. The molecule has 0 aliphatic carbocycles. The first-order valence-corrected chi connectivity index (χ1v) is 6.25. The summed E-state index contributed by atoms with van der Waals surface area (Å²) in [6, 6.07) is 0. The Bertz CT molecular complexity index is 258. The van der Waals surface area contributed by atoms with Crippen LogP contribution in [0.25, 0.3) is 0 Å². The maximum absolute atomic E-state index is 11.6. The molecule has 1 rings (SSSR count). The van der Waals surface area contributed by atoms with E-state index < -0.39 is 0 Å². The Kier molecular flexibility index (Phi) is 5.69. The number of nitrogens with two attached hydrogens (primary N) is 1. The van der Waals surface area contributed by atoms with E-state index in [9.17, 15) is 4.79 Å². The molecule has 0 unspecified atom stereocenters. The van der Waals surface area contributed by atoms with Crippen molar-refractivity contribution in [1.82, 2.24) is 9.80 Å². The van der Waals surface area contributed by atoms with E-state index in [4.69, 9.17) is 18.0 Å². The molecule has 0 bridgehead atoms. The SMILES string of the molecule is CN1CCCN(CCCCC(N)=S)CC1=O. The van der Waals surface area contributed by atoms with Gasteiger partial charge < -0.3 is 10.6 Å². The summed E-state index contributed by atoms with van der Waals surface area (Å²) in [5.74, 6) is 0.229. The van der Waals surface area contributed by atoms with Crippen LogP contribution >= 0.6 is 12.2 Å². The van der Waals surface area contributed by atoms with Crippen molar-refractivity contribution < 1.29 is 4.79 Å². The van der Waals surface area contributed by atoms with Crippen LogP contribution in [0, 0.1) is 0 Å². The van der Waals surface area contributed by atoms with Crippen LogP contribution in [0.15, 0.2) is 0 Å². The zero-order valence-electron chi connectivity index (χ0n) is 9.95. The molecule has 1 amide bonds. The van der Waals surface area contributed by atoms with Crippen LogP contribution in [0.1, 0.15) is 25.7 Å². The Balaban J connectivity index is 2.21. The molecular formula is C11H21N3OS. The molecule has 92 valence electrons. The Morgan fingerprint density at radius 1 is 1.44 bits per heavy atom. The molecule has 0 atom stereocenters. The van der Waals surface area contributed by atoms with E-state index in [0.717, 1.165) is 45.3 Å². The first kappa shape index (κ1) is 13.4. The van der Waals surface area contributed by atoms with Crippen molar-refractivity contribution in [3.8, 4) is 0 Å². The molecule has 0 aromatic heterocycles. The fraction of sp³-hybridized carbons (Fsp3) is 0.818. The molecule has 0 saturated carbocycles. The van der Waals surface area contributed by atoms with Crippen molar-refractivity contribution in [2.75, 3.05) is 33.2 Å². The first-order chi connectivity index (χ1) is 7.59. The van der Waals surface area contributed by atoms with Crippen molar-refractivity contribution in [2.45, 2.75) is 25.7 Å². The van der Waals surface area contributed by atoms with Gasteiger partial charge in [0.15, 0.2) is 0 Å². The minimum absolute atomic E-state index is 0.229. The van der Waals surface area contributed by atoms with Gasteiger partial charge in [0.1, 0.15) is 0 Å². The Labute approximate surface area is 103 Å². The first-order valence-electron chi connectivity index (χ1n) is 5.84. The second-order valence-corrected chi connectivity index (χ2v) is 4.89. The third-order valence-electron chi connectivity index (χ3n) is 2.90. The van der Waals surface area contributed by atoms with Gasteiger partial charge in [0.05, 0.1) is 11.5 Å². The van der Waals surface area contributed by atoms with Crippen LogP contribution < -0.4 is 5.73 Å². The molecule has 0 aromatic rings. The normalized spacial score (nSPS) is 18.6. The molecule has 1 fully saturated rings. The Morgan fingerprint density at radius 3 is 2.88 bits per heavy atom. The van der Waals surface area contributed by atoms with Crippen LogP contribution in [-0.4, -0.2) is 53.9 Å². The highest BCUT2D eigenvalue weighted by Gasteiger charge is 2.17. The molecule has 1 aliphatic heterocycles. The summed E-state index contributed by atoms with van der Waals surface area (Å²) in [4.78, 5) is 16.2. The lowest BCUT2D eigenvalue weighted by molar-refractivity contribution is -0.129. The third kappa shape index (κ3) is 4.90. The van der Waals surface area contributed by atoms with Gasteiger partial charge in [-0.05, 0) is 32.2 Å². The zero-order valence-corrected chi connectivity index (χ0v) is 10.8. The number of hydrogen-bond donors (Lipinski definition) is 1. The van der Waals surface area contributed by atoms with Crippen molar-refractivity contribution in [2.24, 2.45) is 5.73 Å². The molecule has 1 heterocycles. The molecular weight excluding hydrogens is 222 g/mol. The number of rotatable bonds is 5. The topological polar surface area (TPSA) is 49.6 Å². The van der Waals surface area contributed by atoms with Crippen molar-refractivity contribution >= 4 is 23.1 Å². The minimum atomic E-state index is 0.229. The van der Waals surface area contributed by atoms with Gasteiger partial charge >= 0.3 is 0 Å². The number of likely N-dealkylation sites (N-methyl/N-ethyl adjacent to an activating group) is 1. The molecule has 5 heteroatoms. The smallest absolute Gasteiger partial charge is 0.236 e. The van der Waals surface area contributed by atoms with Gasteiger partial charge in [-0.3, -0.25) is 9.69 Å². The summed E-state index contributed by atoms with van der Waals surface area (Å²) in [6.07, 6.45) is 3.97. The maximum Gasteiger partial charge on any atom is 0.236 e. The largest absolute Gasteiger partial charge is 0.393 e. The lowest BCUT2D eigenvalue weighted by Crippen LogP contribution is -2.34. The van der Waals surface area contributed by atoms with Crippen LogP contribution in [0.4, 0.5) is 0 Å². The van der Waals surface area contributed by atoms with Crippen LogP contribution in [0.3, 0.4) is 0 Å². The van der Waals surface area contributed by atoms with E-state index in [0.29, 0.717) is 11.5 Å². The summed E-state index contributed by atoms with van der Waals surface area (Å²) in [7, 11) is 1.87. The molecule has 1 aliphatic rings. The quantitative estimate of drug-likeness (QED) is 0.568. The number of hydrogen-bond acceptors (Lipinski definition) is 3. The van der Waals surface area contributed by atoms with E-state index in [-0.39, 0.29) is 5.91 Å². The summed E-state index contributed by atoms with van der Waals surface area (Å²) in [5.41, 5.74) is 5.43. The fourth-order valence-electron chi connectivity index (χ4n) is 1.87. The average molecular weight is 243 g/mol. The molecule has 0 spiro atoms. The number of unbranched alkanes of at least 4 members (excludes halogenated alkanes) is 1. The van der Waals surface area contributed by atoms with Gasteiger partial charge in [-0.2, -0.15) is 0 Å².